The molecule has 1 aromatic carbocycles. The molecule has 0 bridgehead atoms. The average molecular weight is 310 g/mol. The summed E-state index contributed by atoms with van der Waals surface area (Å²) in [5.41, 5.74) is 3.22. The zero-order chi connectivity index (χ0) is 15.8. The molecule has 3 heterocycles. The number of benzene rings is 1. The Morgan fingerprint density at radius 1 is 1.22 bits per heavy atom. The standard InChI is InChI=1S/C18H22N4O/c1-12(2)18-14-5-3-4-6-16(14)22(20-18)17-11-15(21-23-17)13-7-9-19-10-8-13/h3-6,11-13,19H,7-10H2,1-2H3. The number of fused-ring (bicyclic) bond motifs is 1. The molecule has 1 aliphatic rings. The van der Waals surface area contributed by atoms with Crippen LogP contribution in [0.2, 0.25) is 0 Å². The number of nitrogens with one attached hydrogen (secondary N) is 1. The summed E-state index contributed by atoms with van der Waals surface area (Å²) in [6, 6.07) is 10.4. The predicted molar refractivity (Wildman–Crippen MR) is 90.1 cm³/mol. The van der Waals surface area contributed by atoms with Crippen LogP contribution in [0.1, 0.15) is 49.9 Å². The van der Waals surface area contributed by atoms with E-state index in [1.54, 1.807) is 0 Å². The van der Waals surface area contributed by atoms with Crippen molar-refractivity contribution in [3.05, 3.63) is 41.7 Å². The van der Waals surface area contributed by atoms with Crippen molar-refractivity contribution in [3.8, 4) is 5.88 Å². The van der Waals surface area contributed by atoms with Crippen LogP contribution in [0.4, 0.5) is 0 Å². The predicted octanol–water partition coefficient (Wildman–Crippen LogP) is 3.60. The topological polar surface area (TPSA) is 55.9 Å². The van der Waals surface area contributed by atoms with E-state index in [1.165, 1.54) is 5.39 Å². The molecule has 4 rings (SSSR count). The van der Waals surface area contributed by atoms with Crippen LogP contribution in [-0.2, 0) is 0 Å². The lowest BCUT2D eigenvalue weighted by molar-refractivity contribution is 0.374. The molecule has 0 unspecified atom stereocenters. The minimum absolute atomic E-state index is 0.368. The maximum absolute atomic E-state index is 5.64. The first-order valence-corrected chi connectivity index (χ1v) is 8.39. The van der Waals surface area contributed by atoms with Crippen molar-refractivity contribution in [2.75, 3.05) is 13.1 Å². The maximum Gasteiger partial charge on any atom is 0.252 e. The van der Waals surface area contributed by atoms with Gasteiger partial charge in [0.25, 0.3) is 5.88 Å². The van der Waals surface area contributed by atoms with E-state index in [4.69, 9.17) is 9.62 Å². The Hall–Kier alpha value is -2.14. The van der Waals surface area contributed by atoms with Crippen molar-refractivity contribution in [2.24, 2.45) is 0 Å². The summed E-state index contributed by atoms with van der Waals surface area (Å²) in [6.45, 7) is 6.43. The van der Waals surface area contributed by atoms with E-state index in [0.29, 0.717) is 17.7 Å². The van der Waals surface area contributed by atoms with E-state index in [-0.39, 0.29) is 0 Å². The Balaban J connectivity index is 1.76. The molecule has 1 N–H and O–H groups in total. The summed E-state index contributed by atoms with van der Waals surface area (Å²) >= 11 is 0. The van der Waals surface area contributed by atoms with Crippen LogP contribution in [-0.4, -0.2) is 28.0 Å². The second-order valence-corrected chi connectivity index (χ2v) is 6.58. The number of hydrogen-bond donors (Lipinski definition) is 1. The smallest absolute Gasteiger partial charge is 0.252 e. The summed E-state index contributed by atoms with van der Waals surface area (Å²) < 4.78 is 7.53. The number of para-hydroxylation sites is 1. The molecule has 1 fully saturated rings. The lowest BCUT2D eigenvalue weighted by Crippen LogP contribution is -2.26. The molecule has 0 atom stereocenters. The summed E-state index contributed by atoms with van der Waals surface area (Å²) in [7, 11) is 0. The first kappa shape index (κ1) is 14.5. The lowest BCUT2D eigenvalue weighted by atomic mass is 9.95. The van der Waals surface area contributed by atoms with Crippen LogP contribution in [0.3, 0.4) is 0 Å². The SMILES string of the molecule is CC(C)c1nn(-c2cc(C3CCNCC3)no2)c2ccccc12. The Bertz CT molecular complexity index is 811. The highest BCUT2D eigenvalue weighted by Gasteiger charge is 2.21. The van der Waals surface area contributed by atoms with Crippen LogP contribution in [0.5, 0.6) is 0 Å². The summed E-state index contributed by atoms with van der Waals surface area (Å²) in [5, 5.41) is 13.7. The van der Waals surface area contributed by atoms with Gasteiger partial charge in [-0.25, -0.2) is 0 Å². The fraction of sp³-hybridized carbons (Fsp3) is 0.444. The molecule has 0 spiro atoms. The van der Waals surface area contributed by atoms with Crippen molar-refractivity contribution in [2.45, 2.75) is 38.5 Å². The number of nitrogens with zero attached hydrogens (tertiary/aromatic N) is 3. The average Bonchev–Trinajstić information content (AvgIpc) is 3.20. The highest BCUT2D eigenvalue weighted by Crippen LogP contribution is 2.29. The zero-order valence-corrected chi connectivity index (χ0v) is 13.6. The van der Waals surface area contributed by atoms with Gasteiger partial charge >= 0.3 is 0 Å². The summed E-state index contributed by atoms with van der Waals surface area (Å²) in [6.07, 6.45) is 2.23. The molecule has 0 radical (unpaired) electrons. The van der Waals surface area contributed by atoms with Crippen molar-refractivity contribution in [3.63, 3.8) is 0 Å². The molecule has 23 heavy (non-hydrogen) atoms. The number of piperidine rings is 1. The third-order valence-corrected chi connectivity index (χ3v) is 4.64. The fourth-order valence-corrected chi connectivity index (χ4v) is 3.37. The molecule has 5 heteroatoms. The van der Waals surface area contributed by atoms with Gasteiger partial charge < -0.3 is 9.84 Å². The Morgan fingerprint density at radius 3 is 2.78 bits per heavy atom. The van der Waals surface area contributed by atoms with E-state index in [1.807, 2.05) is 10.7 Å². The van der Waals surface area contributed by atoms with Crippen molar-refractivity contribution in [1.82, 2.24) is 20.3 Å². The molecule has 0 saturated carbocycles. The molecule has 1 aliphatic heterocycles. The second kappa shape index (κ2) is 5.81. The molecule has 3 aromatic rings. The normalized spacial score (nSPS) is 16.5. The van der Waals surface area contributed by atoms with Crippen molar-refractivity contribution >= 4 is 10.9 Å². The van der Waals surface area contributed by atoms with Gasteiger partial charge in [0, 0.05) is 17.4 Å². The molecule has 5 nitrogen and oxygen atoms in total. The van der Waals surface area contributed by atoms with E-state index in [9.17, 15) is 0 Å². The van der Waals surface area contributed by atoms with Crippen LogP contribution >= 0.6 is 0 Å². The molecular weight excluding hydrogens is 288 g/mol. The zero-order valence-electron chi connectivity index (χ0n) is 13.6. The summed E-state index contributed by atoms with van der Waals surface area (Å²) in [4.78, 5) is 0. The Morgan fingerprint density at radius 2 is 2.00 bits per heavy atom. The van der Waals surface area contributed by atoms with E-state index < -0.39 is 0 Å². The molecular formula is C18H22N4O. The van der Waals surface area contributed by atoms with Gasteiger partial charge in [0.2, 0.25) is 0 Å². The number of hydrogen-bond acceptors (Lipinski definition) is 4. The van der Waals surface area contributed by atoms with Gasteiger partial charge in [-0.15, -0.1) is 0 Å². The Labute approximate surface area is 135 Å². The third-order valence-electron chi connectivity index (χ3n) is 4.64. The molecule has 120 valence electrons. The minimum Gasteiger partial charge on any atom is -0.336 e. The minimum atomic E-state index is 0.368. The van der Waals surface area contributed by atoms with E-state index in [0.717, 1.165) is 42.8 Å². The van der Waals surface area contributed by atoms with E-state index >= 15 is 0 Å². The third kappa shape index (κ3) is 2.55. The molecule has 0 amide bonds. The van der Waals surface area contributed by atoms with Crippen molar-refractivity contribution < 1.29 is 4.52 Å². The van der Waals surface area contributed by atoms with Crippen LogP contribution in [0, 0.1) is 0 Å². The Kier molecular flexibility index (Phi) is 3.65. The molecule has 2 aromatic heterocycles. The lowest BCUT2D eigenvalue weighted by Gasteiger charge is -2.19. The maximum atomic E-state index is 5.64. The van der Waals surface area contributed by atoms with Crippen LogP contribution in [0.15, 0.2) is 34.9 Å². The monoisotopic (exact) mass is 310 g/mol. The van der Waals surface area contributed by atoms with Gasteiger partial charge in [0.05, 0.1) is 16.9 Å². The first-order chi connectivity index (χ1) is 11.2. The van der Waals surface area contributed by atoms with Gasteiger partial charge in [-0.2, -0.15) is 9.78 Å². The largest absolute Gasteiger partial charge is 0.336 e. The quantitative estimate of drug-likeness (QED) is 0.803. The van der Waals surface area contributed by atoms with Gasteiger partial charge in [-0.05, 0) is 37.9 Å². The number of rotatable bonds is 3. The second-order valence-electron chi connectivity index (χ2n) is 6.58. The first-order valence-electron chi connectivity index (χ1n) is 8.39. The van der Waals surface area contributed by atoms with Gasteiger partial charge in [-0.3, -0.25) is 0 Å². The number of aromatic nitrogens is 3. The van der Waals surface area contributed by atoms with Crippen molar-refractivity contribution in [1.29, 1.82) is 0 Å². The van der Waals surface area contributed by atoms with Crippen LogP contribution < -0.4 is 5.32 Å². The fourth-order valence-electron chi connectivity index (χ4n) is 3.37. The summed E-state index contributed by atoms with van der Waals surface area (Å²) in [5.74, 6) is 1.56. The molecule has 0 aliphatic carbocycles. The van der Waals surface area contributed by atoms with Crippen LogP contribution in [0.25, 0.3) is 16.8 Å². The van der Waals surface area contributed by atoms with E-state index in [2.05, 4.69) is 48.6 Å². The highest BCUT2D eigenvalue weighted by molar-refractivity contribution is 5.83. The van der Waals surface area contributed by atoms with Gasteiger partial charge in [0.1, 0.15) is 0 Å². The molecule has 1 saturated heterocycles. The highest BCUT2D eigenvalue weighted by atomic mass is 16.5. The van der Waals surface area contributed by atoms with Gasteiger partial charge in [0.15, 0.2) is 0 Å². The van der Waals surface area contributed by atoms with Gasteiger partial charge in [-0.1, -0.05) is 37.2 Å².